The van der Waals surface area contributed by atoms with Crippen LogP contribution in [0.15, 0.2) is 53.1 Å². The van der Waals surface area contributed by atoms with E-state index in [2.05, 4.69) is 10.6 Å². The van der Waals surface area contributed by atoms with Gasteiger partial charge in [-0.2, -0.15) is 0 Å². The fourth-order valence-electron chi connectivity index (χ4n) is 2.02. The van der Waals surface area contributed by atoms with E-state index in [9.17, 15) is 9.59 Å². The van der Waals surface area contributed by atoms with Gasteiger partial charge < -0.3 is 9.73 Å². The van der Waals surface area contributed by atoms with Crippen LogP contribution >= 0.6 is 0 Å². The molecule has 0 bridgehead atoms. The topological polar surface area (TPSA) is 74.6 Å². The number of hydrogen-bond donors (Lipinski definition) is 2. The lowest BCUT2D eigenvalue weighted by molar-refractivity contribution is -0.124. The Labute approximate surface area is 135 Å². The zero-order chi connectivity index (χ0) is 16.7. The summed E-state index contributed by atoms with van der Waals surface area (Å²) < 4.78 is 5.25. The van der Waals surface area contributed by atoms with Gasteiger partial charge in [0.1, 0.15) is 5.76 Å². The molecule has 1 aromatic carbocycles. The number of carbonyl (C=O) groups excluding carboxylic acids is 2. The number of urea groups is 1. The number of rotatable bonds is 6. The first-order valence-electron chi connectivity index (χ1n) is 7.41. The molecule has 0 aliphatic heterocycles. The van der Waals surface area contributed by atoms with Crippen LogP contribution in [0, 0.1) is 0 Å². The Morgan fingerprint density at radius 1 is 1.17 bits per heavy atom. The van der Waals surface area contributed by atoms with Crippen LogP contribution in [0.2, 0.25) is 0 Å². The third-order valence-corrected chi connectivity index (χ3v) is 3.56. The van der Waals surface area contributed by atoms with Crippen molar-refractivity contribution in [3.8, 4) is 0 Å². The molecule has 1 atom stereocenters. The van der Waals surface area contributed by atoms with E-state index >= 15 is 0 Å². The Kier molecular flexibility index (Phi) is 5.94. The highest BCUT2D eigenvalue weighted by Gasteiger charge is 2.20. The molecule has 122 valence electrons. The van der Waals surface area contributed by atoms with Crippen LogP contribution in [-0.2, 0) is 17.9 Å². The molecule has 3 amide bonds. The molecule has 1 aromatic heterocycles. The monoisotopic (exact) mass is 315 g/mol. The van der Waals surface area contributed by atoms with Crippen LogP contribution in [0.25, 0.3) is 0 Å². The van der Waals surface area contributed by atoms with E-state index < -0.39 is 12.1 Å². The SMILES string of the molecule is CC(C(=O)NC(=O)NCc1ccccc1)N(C)Cc1ccco1. The standard InChI is InChI=1S/C17H21N3O3/c1-13(20(2)12-15-9-6-10-23-15)16(21)19-17(22)18-11-14-7-4-3-5-8-14/h3-10,13H,11-12H2,1-2H3,(H2,18,19,21,22). The van der Waals surface area contributed by atoms with Gasteiger partial charge in [-0.1, -0.05) is 30.3 Å². The lowest BCUT2D eigenvalue weighted by Crippen LogP contribution is -2.48. The molecule has 2 N–H and O–H groups in total. The van der Waals surface area contributed by atoms with E-state index in [1.54, 1.807) is 31.2 Å². The second-order valence-corrected chi connectivity index (χ2v) is 5.33. The number of carbonyl (C=O) groups is 2. The molecule has 0 radical (unpaired) electrons. The number of nitrogens with one attached hydrogen (secondary N) is 2. The second kappa shape index (κ2) is 8.14. The molecule has 0 saturated carbocycles. The number of benzene rings is 1. The van der Waals surface area contributed by atoms with Gasteiger partial charge in [0.15, 0.2) is 0 Å². The van der Waals surface area contributed by atoms with Gasteiger partial charge in [0.2, 0.25) is 5.91 Å². The summed E-state index contributed by atoms with van der Waals surface area (Å²) in [5, 5.41) is 5.01. The predicted octanol–water partition coefficient (Wildman–Crippen LogP) is 2.13. The maximum Gasteiger partial charge on any atom is 0.321 e. The normalized spacial score (nSPS) is 12.0. The van der Waals surface area contributed by atoms with Gasteiger partial charge in [-0.25, -0.2) is 4.79 Å². The third kappa shape index (κ3) is 5.27. The van der Waals surface area contributed by atoms with Gasteiger partial charge in [0.25, 0.3) is 0 Å². The maximum absolute atomic E-state index is 12.1. The molecular formula is C17H21N3O3. The van der Waals surface area contributed by atoms with E-state index in [1.807, 2.05) is 36.4 Å². The molecule has 1 unspecified atom stereocenters. The van der Waals surface area contributed by atoms with Gasteiger partial charge in [0, 0.05) is 6.54 Å². The first kappa shape index (κ1) is 16.8. The largest absolute Gasteiger partial charge is 0.468 e. The number of imide groups is 1. The number of hydrogen-bond acceptors (Lipinski definition) is 4. The quantitative estimate of drug-likeness (QED) is 0.856. The first-order valence-corrected chi connectivity index (χ1v) is 7.41. The second-order valence-electron chi connectivity index (χ2n) is 5.33. The first-order chi connectivity index (χ1) is 11.1. The predicted molar refractivity (Wildman–Crippen MR) is 86.5 cm³/mol. The van der Waals surface area contributed by atoms with E-state index in [0.717, 1.165) is 11.3 Å². The Hall–Kier alpha value is -2.60. The summed E-state index contributed by atoms with van der Waals surface area (Å²) in [7, 11) is 1.80. The molecular weight excluding hydrogens is 294 g/mol. The number of likely N-dealkylation sites (N-methyl/N-ethyl adjacent to an activating group) is 1. The van der Waals surface area contributed by atoms with Crippen LogP contribution in [-0.4, -0.2) is 29.9 Å². The van der Waals surface area contributed by atoms with Gasteiger partial charge >= 0.3 is 6.03 Å². The van der Waals surface area contributed by atoms with E-state index in [1.165, 1.54) is 0 Å². The lowest BCUT2D eigenvalue weighted by atomic mass is 10.2. The van der Waals surface area contributed by atoms with Crippen LogP contribution in [0.4, 0.5) is 4.79 Å². The molecule has 0 aliphatic carbocycles. The van der Waals surface area contributed by atoms with Crippen molar-refractivity contribution in [1.29, 1.82) is 0 Å². The summed E-state index contributed by atoms with van der Waals surface area (Å²) in [6, 6.07) is 12.2. The van der Waals surface area contributed by atoms with Crippen LogP contribution in [0.3, 0.4) is 0 Å². The Morgan fingerprint density at radius 2 is 1.91 bits per heavy atom. The van der Waals surface area contributed by atoms with Gasteiger partial charge in [-0.15, -0.1) is 0 Å². The Morgan fingerprint density at radius 3 is 2.57 bits per heavy atom. The molecule has 6 nitrogen and oxygen atoms in total. The minimum Gasteiger partial charge on any atom is -0.468 e. The Bertz CT molecular complexity index is 626. The smallest absolute Gasteiger partial charge is 0.321 e. The Balaban J connectivity index is 1.77. The molecule has 0 aliphatic rings. The summed E-state index contributed by atoms with van der Waals surface area (Å²) in [5.74, 6) is 0.408. The maximum atomic E-state index is 12.1. The fourth-order valence-corrected chi connectivity index (χ4v) is 2.02. The molecule has 0 spiro atoms. The number of furan rings is 1. The molecule has 2 aromatic rings. The molecule has 0 fully saturated rings. The zero-order valence-corrected chi connectivity index (χ0v) is 13.3. The minimum absolute atomic E-state index is 0.357. The summed E-state index contributed by atoms with van der Waals surface area (Å²) >= 11 is 0. The number of amides is 3. The highest BCUT2D eigenvalue weighted by Crippen LogP contribution is 2.06. The summed E-state index contributed by atoms with van der Waals surface area (Å²) in [6.07, 6.45) is 1.59. The average molecular weight is 315 g/mol. The van der Waals surface area contributed by atoms with Crippen molar-refractivity contribution in [1.82, 2.24) is 15.5 Å². The third-order valence-electron chi connectivity index (χ3n) is 3.56. The minimum atomic E-state index is -0.503. The zero-order valence-electron chi connectivity index (χ0n) is 13.3. The van der Waals surface area contributed by atoms with Gasteiger partial charge in [-0.3, -0.25) is 15.0 Å². The number of nitrogens with zero attached hydrogens (tertiary/aromatic N) is 1. The van der Waals surface area contributed by atoms with Crippen LogP contribution in [0.1, 0.15) is 18.2 Å². The highest BCUT2D eigenvalue weighted by atomic mass is 16.3. The molecule has 0 saturated heterocycles. The van der Waals surface area contributed by atoms with Gasteiger partial charge in [0.05, 0.1) is 18.8 Å². The molecule has 1 heterocycles. The van der Waals surface area contributed by atoms with Crippen molar-refractivity contribution in [2.24, 2.45) is 0 Å². The van der Waals surface area contributed by atoms with Crippen LogP contribution in [0.5, 0.6) is 0 Å². The average Bonchev–Trinajstić information content (AvgIpc) is 3.06. The molecule has 6 heteroatoms. The summed E-state index contributed by atoms with van der Waals surface area (Å²) in [5.41, 5.74) is 0.970. The van der Waals surface area contributed by atoms with Crippen LogP contribution < -0.4 is 10.6 Å². The lowest BCUT2D eigenvalue weighted by Gasteiger charge is -2.22. The fraction of sp³-hybridized carbons (Fsp3) is 0.294. The van der Waals surface area contributed by atoms with Crippen molar-refractivity contribution < 1.29 is 14.0 Å². The van der Waals surface area contributed by atoms with Crippen molar-refractivity contribution in [2.75, 3.05) is 7.05 Å². The summed E-state index contributed by atoms with van der Waals surface area (Å²) in [6.45, 7) is 2.60. The van der Waals surface area contributed by atoms with Crippen molar-refractivity contribution in [3.63, 3.8) is 0 Å². The molecule has 2 rings (SSSR count). The van der Waals surface area contributed by atoms with Gasteiger partial charge in [-0.05, 0) is 31.7 Å². The van der Waals surface area contributed by atoms with Crippen molar-refractivity contribution in [2.45, 2.75) is 26.1 Å². The summed E-state index contributed by atoms with van der Waals surface area (Å²) in [4.78, 5) is 25.7. The van der Waals surface area contributed by atoms with Crippen molar-refractivity contribution in [3.05, 3.63) is 60.1 Å². The molecule has 23 heavy (non-hydrogen) atoms. The van der Waals surface area contributed by atoms with E-state index in [0.29, 0.717) is 13.1 Å². The van der Waals surface area contributed by atoms with E-state index in [4.69, 9.17) is 4.42 Å². The highest BCUT2D eigenvalue weighted by molar-refractivity contribution is 5.96. The van der Waals surface area contributed by atoms with Crippen molar-refractivity contribution >= 4 is 11.9 Å². The van der Waals surface area contributed by atoms with E-state index in [-0.39, 0.29) is 5.91 Å².